The maximum atomic E-state index is 12.1. The van der Waals surface area contributed by atoms with E-state index < -0.39 is 29.4 Å². The number of anilines is 1. The molecule has 1 rings (SSSR count). The average molecular weight is 230 g/mol. The van der Waals surface area contributed by atoms with Crippen molar-refractivity contribution >= 4 is 5.69 Å². The molecular weight excluding hydrogens is 226 g/mol. The van der Waals surface area contributed by atoms with E-state index in [1.807, 2.05) is 0 Å². The second kappa shape index (κ2) is 3.28. The van der Waals surface area contributed by atoms with E-state index in [1.165, 1.54) is 0 Å². The number of aromatic nitrogens is 1. The molecule has 0 aromatic carbocycles. The van der Waals surface area contributed by atoms with Gasteiger partial charge in [-0.25, -0.2) is 4.98 Å². The summed E-state index contributed by atoms with van der Waals surface area (Å²) >= 11 is 0. The highest BCUT2D eigenvalue weighted by Crippen LogP contribution is 2.34. The third-order valence-corrected chi connectivity index (χ3v) is 1.43. The van der Waals surface area contributed by atoms with E-state index in [1.54, 1.807) is 0 Å². The van der Waals surface area contributed by atoms with Crippen LogP contribution in [0.1, 0.15) is 11.4 Å². The Morgan fingerprint density at radius 2 is 1.20 bits per heavy atom. The summed E-state index contributed by atoms with van der Waals surface area (Å²) in [5.41, 5.74) is 0.963. The third-order valence-electron chi connectivity index (χ3n) is 1.43. The highest BCUT2D eigenvalue weighted by molar-refractivity contribution is 5.41. The van der Waals surface area contributed by atoms with Crippen molar-refractivity contribution in [1.29, 1.82) is 0 Å². The Kier molecular flexibility index (Phi) is 2.54. The van der Waals surface area contributed by atoms with Crippen LogP contribution < -0.4 is 5.73 Å². The molecule has 2 nitrogen and oxygen atoms in total. The summed E-state index contributed by atoms with van der Waals surface area (Å²) in [5, 5.41) is 0. The van der Waals surface area contributed by atoms with Gasteiger partial charge in [0.25, 0.3) is 0 Å². The van der Waals surface area contributed by atoms with Crippen LogP contribution in [0.25, 0.3) is 0 Å². The van der Waals surface area contributed by atoms with Crippen molar-refractivity contribution in [3.05, 3.63) is 23.5 Å². The maximum absolute atomic E-state index is 12.1. The summed E-state index contributed by atoms with van der Waals surface area (Å²) in [6.07, 6.45) is -9.90. The molecule has 1 aromatic rings. The molecule has 0 fully saturated rings. The Balaban J connectivity index is 3.30. The summed E-state index contributed by atoms with van der Waals surface area (Å²) in [6, 6.07) is 0.685. The molecule has 0 amide bonds. The Labute approximate surface area is 79.7 Å². The predicted octanol–water partition coefficient (Wildman–Crippen LogP) is 2.70. The summed E-state index contributed by atoms with van der Waals surface area (Å²) in [6.45, 7) is 0. The van der Waals surface area contributed by atoms with E-state index in [-0.39, 0.29) is 0 Å². The maximum Gasteiger partial charge on any atom is 0.433 e. The first-order valence-electron chi connectivity index (χ1n) is 3.52. The van der Waals surface area contributed by atoms with Gasteiger partial charge in [0.1, 0.15) is 11.4 Å². The molecular formula is C7H4F6N2. The Morgan fingerprint density at radius 3 is 1.47 bits per heavy atom. The SMILES string of the molecule is Nc1cc(C(F)(F)F)nc(C(F)(F)F)c1. The molecule has 0 unspecified atom stereocenters. The zero-order valence-electron chi connectivity index (χ0n) is 6.95. The first-order valence-corrected chi connectivity index (χ1v) is 3.52. The number of hydrogen-bond acceptors (Lipinski definition) is 2. The largest absolute Gasteiger partial charge is 0.433 e. The average Bonchev–Trinajstić information content (AvgIpc) is 1.99. The third kappa shape index (κ3) is 2.74. The second-order valence-corrected chi connectivity index (χ2v) is 2.67. The molecule has 84 valence electrons. The number of nitrogens with zero attached hydrogens (tertiary/aromatic N) is 1. The summed E-state index contributed by atoms with van der Waals surface area (Å²) in [5.74, 6) is 0. The smallest absolute Gasteiger partial charge is 0.399 e. The topological polar surface area (TPSA) is 38.9 Å². The van der Waals surface area contributed by atoms with Gasteiger partial charge in [0.15, 0.2) is 0 Å². The van der Waals surface area contributed by atoms with Crippen LogP contribution in [0.2, 0.25) is 0 Å². The lowest BCUT2D eigenvalue weighted by Crippen LogP contribution is -2.15. The fourth-order valence-electron chi connectivity index (χ4n) is 0.842. The number of hydrogen-bond donors (Lipinski definition) is 1. The van der Waals surface area contributed by atoms with E-state index in [0.29, 0.717) is 12.1 Å². The number of nitrogen functional groups attached to an aromatic ring is 1. The zero-order chi connectivity index (χ0) is 11.9. The van der Waals surface area contributed by atoms with Gasteiger partial charge in [-0.05, 0) is 12.1 Å². The van der Waals surface area contributed by atoms with Crippen LogP contribution in [0.5, 0.6) is 0 Å². The summed E-state index contributed by atoms with van der Waals surface area (Å²) in [7, 11) is 0. The van der Waals surface area contributed by atoms with Gasteiger partial charge in [-0.1, -0.05) is 0 Å². The Hall–Kier alpha value is -1.47. The molecule has 1 aromatic heterocycles. The lowest BCUT2D eigenvalue weighted by Gasteiger charge is -2.11. The van der Waals surface area contributed by atoms with Crippen LogP contribution in [-0.2, 0) is 12.4 Å². The highest BCUT2D eigenvalue weighted by atomic mass is 19.4. The van der Waals surface area contributed by atoms with Gasteiger partial charge in [-0.2, -0.15) is 26.3 Å². The van der Waals surface area contributed by atoms with E-state index in [2.05, 4.69) is 4.98 Å². The van der Waals surface area contributed by atoms with Gasteiger partial charge < -0.3 is 5.73 Å². The number of nitrogens with two attached hydrogens (primary N) is 1. The van der Waals surface area contributed by atoms with Crippen molar-refractivity contribution in [2.75, 3.05) is 5.73 Å². The van der Waals surface area contributed by atoms with Crippen LogP contribution in [0.3, 0.4) is 0 Å². The number of pyridine rings is 1. The zero-order valence-corrected chi connectivity index (χ0v) is 6.95. The number of rotatable bonds is 0. The van der Waals surface area contributed by atoms with Crippen molar-refractivity contribution in [3.8, 4) is 0 Å². The number of alkyl halides is 6. The van der Waals surface area contributed by atoms with Crippen molar-refractivity contribution in [1.82, 2.24) is 4.98 Å². The van der Waals surface area contributed by atoms with E-state index >= 15 is 0 Å². The summed E-state index contributed by atoms with van der Waals surface area (Å²) < 4.78 is 72.3. The van der Waals surface area contributed by atoms with Crippen molar-refractivity contribution < 1.29 is 26.3 Å². The van der Waals surface area contributed by atoms with Crippen molar-refractivity contribution in [3.63, 3.8) is 0 Å². The minimum absolute atomic E-state index is 0.342. The van der Waals surface area contributed by atoms with Crippen LogP contribution in [0, 0.1) is 0 Å². The van der Waals surface area contributed by atoms with E-state index in [0.717, 1.165) is 0 Å². The number of halogens is 6. The fourth-order valence-corrected chi connectivity index (χ4v) is 0.842. The van der Waals surface area contributed by atoms with Gasteiger partial charge in [-0.15, -0.1) is 0 Å². The van der Waals surface area contributed by atoms with E-state index in [4.69, 9.17) is 5.73 Å². The van der Waals surface area contributed by atoms with Gasteiger partial charge in [0, 0.05) is 5.69 Å². The highest BCUT2D eigenvalue weighted by Gasteiger charge is 2.38. The molecule has 8 heteroatoms. The normalized spacial score (nSPS) is 12.9. The predicted molar refractivity (Wildman–Crippen MR) is 38.7 cm³/mol. The monoisotopic (exact) mass is 230 g/mol. The second-order valence-electron chi connectivity index (χ2n) is 2.67. The quantitative estimate of drug-likeness (QED) is 0.696. The first-order chi connectivity index (χ1) is 6.60. The molecule has 0 spiro atoms. The molecule has 15 heavy (non-hydrogen) atoms. The standard InChI is InChI=1S/C7H4F6N2/c8-6(9,10)4-1-3(14)2-5(15-4)7(11,12)13/h1-2H,(H2,14,15). The molecule has 0 aliphatic rings. The van der Waals surface area contributed by atoms with Gasteiger partial charge in [-0.3, -0.25) is 0 Å². The Bertz CT molecular complexity index is 334. The lowest BCUT2D eigenvalue weighted by molar-refractivity contribution is -0.150. The van der Waals surface area contributed by atoms with Crippen molar-refractivity contribution in [2.24, 2.45) is 0 Å². The van der Waals surface area contributed by atoms with Crippen molar-refractivity contribution in [2.45, 2.75) is 12.4 Å². The minimum Gasteiger partial charge on any atom is -0.399 e. The molecule has 2 N–H and O–H groups in total. The Morgan fingerprint density at radius 1 is 0.867 bits per heavy atom. The molecule has 0 saturated heterocycles. The van der Waals surface area contributed by atoms with Crippen LogP contribution in [-0.4, -0.2) is 4.98 Å². The molecule has 0 bridgehead atoms. The molecule has 0 saturated carbocycles. The molecule has 0 atom stereocenters. The molecule has 0 radical (unpaired) electrons. The van der Waals surface area contributed by atoms with Gasteiger partial charge >= 0.3 is 12.4 Å². The van der Waals surface area contributed by atoms with Crippen LogP contribution >= 0.6 is 0 Å². The molecule has 0 aliphatic carbocycles. The first kappa shape index (κ1) is 11.6. The van der Waals surface area contributed by atoms with Gasteiger partial charge in [0.05, 0.1) is 0 Å². The van der Waals surface area contributed by atoms with Crippen LogP contribution in [0.15, 0.2) is 12.1 Å². The lowest BCUT2D eigenvalue weighted by atomic mass is 10.2. The van der Waals surface area contributed by atoms with Crippen LogP contribution in [0.4, 0.5) is 32.0 Å². The fraction of sp³-hybridized carbons (Fsp3) is 0.286. The summed E-state index contributed by atoms with van der Waals surface area (Å²) in [4.78, 5) is 2.45. The molecule has 0 aliphatic heterocycles. The van der Waals surface area contributed by atoms with Gasteiger partial charge in [0.2, 0.25) is 0 Å². The molecule has 1 heterocycles. The van der Waals surface area contributed by atoms with E-state index in [9.17, 15) is 26.3 Å². The minimum atomic E-state index is -4.95.